The fourth-order valence-corrected chi connectivity index (χ4v) is 2.28. The number of rotatable bonds is 0. The van der Waals surface area contributed by atoms with Gasteiger partial charge in [-0.2, -0.15) is 0 Å². The maximum atomic E-state index is 5.22. The highest BCUT2D eigenvalue weighted by molar-refractivity contribution is 5.00. The first-order chi connectivity index (χ1) is 5.41. The summed E-state index contributed by atoms with van der Waals surface area (Å²) >= 11 is 0. The maximum Gasteiger partial charge on any atom is 0.0881 e. The number of hydrogen-bond donors (Lipinski definition) is 0. The summed E-state index contributed by atoms with van der Waals surface area (Å²) in [5.74, 6) is 0. The Morgan fingerprint density at radius 3 is 2.45 bits per heavy atom. The molecule has 0 aromatic heterocycles. The van der Waals surface area contributed by atoms with Crippen LogP contribution in [0, 0.1) is 5.41 Å². The Kier molecular flexibility index (Phi) is 1.89. The second-order valence-electron chi connectivity index (χ2n) is 3.85. The molecule has 0 unspecified atom stereocenters. The number of hydrogen-bond acceptors (Lipinski definition) is 1. The highest BCUT2D eigenvalue weighted by Gasteiger charge is 2.30. The van der Waals surface area contributed by atoms with E-state index in [1.165, 1.54) is 38.5 Å². The van der Waals surface area contributed by atoms with Gasteiger partial charge in [0.2, 0.25) is 0 Å². The van der Waals surface area contributed by atoms with Crippen molar-refractivity contribution >= 4 is 0 Å². The molecule has 1 saturated carbocycles. The summed E-state index contributed by atoms with van der Waals surface area (Å²) in [6.45, 7) is 0.941. The van der Waals surface area contributed by atoms with Crippen molar-refractivity contribution in [3.63, 3.8) is 0 Å². The highest BCUT2D eigenvalue weighted by Crippen LogP contribution is 2.41. The molecule has 1 aliphatic heterocycles. The second kappa shape index (κ2) is 2.88. The second-order valence-corrected chi connectivity index (χ2v) is 3.85. The van der Waals surface area contributed by atoms with Crippen LogP contribution in [-0.2, 0) is 4.74 Å². The predicted molar refractivity (Wildman–Crippen MR) is 45.2 cm³/mol. The quantitative estimate of drug-likeness (QED) is 0.518. The summed E-state index contributed by atoms with van der Waals surface area (Å²) in [5, 5.41) is 0. The van der Waals surface area contributed by atoms with E-state index in [4.69, 9.17) is 4.74 Å². The largest absolute Gasteiger partial charge is 0.501 e. The van der Waals surface area contributed by atoms with Crippen LogP contribution in [0.2, 0.25) is 0 Å². The van der Waals surface area contributed by atoms with E-state index >= 15 is 0 Å². The summed E-state index contributed by atoms with van der Waals surface area (Å²) in [7, 11) is 0. The van der Waals surface area contributed by atoms with Crippen LogP contribution in [0.4, 0.5) is 0 Å². The smallest absolute Gasteiger partial charge is 0.0881 e. The molecular formula is C10H16O. The average Bonchev–Trinajstić information content (AvgIpc) is 2.07. The fraction of sp³-hybridized carbons (Fsp3) is 0.800. The van der Waals surface area contributed by atoms with Crippen LogP contribution in [0.5, 0.6) is 0 Å². The summed E-state index contributed by atoms with van der Waals surface area (Å²) < 4.78 is 5.22. The van der Waals surface area contributed by atoms with Crippen molar-refractivity contribution < 1.29 is 4.74 Å². The average molecular weight is 152 g/mol. The van der Waals surface area contributed by atoms with Crippen molar-refractivity contribution in [3.8, 4) is 0 Å². The summed E-state index contributed by atoms with van der Waals surface area (Å²) in [6, 6.07) is 0. The van der Waals surface area contributed by atoms with Gasteiger partial charge >= 0.3 is 0 Å². The van der Waals surface area contributed by atoms with Crippen LogP contribution in [-0.4, -0.2) is 6.61 Å². The van der Waals surface area contributed by atoms with Gasteiger partial charge in [0.25, 0.3) is 0 Å². The lowest BCUT2D eigenvalue weighted by atomic mass is 9.71. The van der Waals surface area contributed by atoms with E-state index in [2.05, 4.69) is 6.08 Å². The molecule has 0 atom stereocenters. The molecule has 1 heteroatoms. The summed E-state index contributed by atoms with van der Waals surface area (Å²) in [6.07, 6.45) is 12.5. The molecule has 62 valence electrons. The molecule has 2 aliphatic rings. The van der Waals surface area contributed by atoms with E-state index in [9.17, 15) is 0 Å². The Bertz CT molecular complexity index is 154. The molecular weight excluding hydrogens is 136 g/mol. The normalized spacial score (nSPS) is 28.4. The standard InChI is InChI=1S/C10H16O/c1-2-4-10(5-3-1)6-8-11-9-7-10/h6,8H,1-5,7,9H2. The van der Waals surface area contributed by atoms with Gasteiger partial charge in [0, 0.05) is 0 Å². The lowest BCUT2D eigenvalue weighted by Gasteiger charge is -2.36. The summed E-state index contributed by atoms with van der Waals surface area (Å²) in [4.78, 5) is 0. The maximum absolute atomic E-state index is 5.22. The van der Waals surface area contributed by atoms with Crippen LogP contribution in [0.1, 0.15) is 38.5 Å². The van der Waals surface area contributed by atoms with Gasteiger partial charge in [-0.3, -0.25) is 0 Å². The Morgan fingerprint density at radius 2 is 1.82 bits per heavy atom. The van der Waals surface area contributed by atoms with E-state index in [-0.39, 0.29) is 0 Å². The van der Waals surface area contributed by atoms with Crippen molar-refractivity contribution in [3.05, 3.63) is 12.3 Å². The summed E-state index contributed by atoms with van der Waals surface area (Å²) in [5.41, 5.74) is 0.552. The molecule has 2 rings (SSSR count). The molecule has 1 spiro atoms. The highest BCUT2D eigenvalue weighted by atomic mass is 16.5. The SMILES string of the molecule is C1=CC2(CCCCC2)CCO1. The Balaban J connectivity index is 2.06. The molecule has 0 saturated heterocycles. The molecule has 0 N–H and O–H groups in total. The molecule has 1 aliphatic carbocycles. The Labute approximate surface area is 68.4 Å². The van der Waals surface area contributed by atoms with E-state index < -0.39 is 0 Å². The first kappa shape index (κ1) is 7.20. The zero-order valence-corrected chi connectivity index (χ0v) is 7.01. The Hall–Kier alpha value is -0.460. The minimum Gasteiger partial charge on any atom is -0.501 e. The monoisotopic (exact) mass is 152 g/mol. The minimum atomic E-state index is 0.552. The zero-order valence-electron chi connectivity index (χ0n) is 7.01. The lowest BCUT2D eigenvalue weighted by Crippen LogP contribution is -2.25. The third-order valence-corrected chi connectivity index (χ3v) is 3.08. The van der Waals surface area contributed by atoms with E-state index in [0.717, 1.165) is 6.61 Å². The molecule has 11 heavy (non-hydrogen) atoms. The molecule has 1 nitrogen and oxygen atoms in total. The third kappa shape index (κ3) is 1.42. The van der Waals surface area contributed by atoms with Crippen LogP contribution in [0.3, 0.4) is 0 Å². The molecule has 0 bridgehead atoms. The van der Waals surface area contributed by atoms with Gasteiger partial charge in [0.05, 0.1) is 12.9 Å². The van der Waals surface area contributed by atoms with Crippen molar-refractivity contribution in [1.29, 1.82) is 0 Å². The van der Waals surface area contributed by atoms with Crippen LogP contribution < -0.4 is 0 Å². The number of ether oxygens (including phenoxy) is 1. The number of allylic oxidation sites excluding steroid dienone is 1. The lowest BCUT2D eigenvalue weighted by molar-refractivity contribution is 0.129. The van der Waals surface area contributed by atoms with Gasteiger partial charge in [0.1, 0.15) is 0 Å². The van der Waals surface area contributed by atoms with Gasteiger partial charge in [-0.1, -0.05) is 19.3 Å². The molecule has 0 aromatic carbocycles. The first-order valence-corrected chi connectivity index (χ1v) is 4.71. The van der Waals surface area contributed by atoms with Gasteiger partial charge in [-0.25, -0.2) is 0 Å². The van der Waals surface area contributed by atoms with Crippen molar-refractivity contribution in [2.24, 2.45) is 5.41 Å². The third-order valence-electron chi connectivity index (χ3n) is 3.08. The van der Waals surface area contributed by atoms with Crippen LogP contribution in [0.15, 0.2) is 12.3 Å². The molecule has 0 aromatic rings. The molecule has 0 amide bonds. The first-order valence-electron chi connectivity index (χ1n) is 4.71. The fourth-order valence-electron chi connectivity index (χ4n) is 2.28. The van der Waals surface area contributed by atoms with Crippen LogP contribution in [0.25, 0.3) is 0 Å². The van der Waals surface area contributed by atoms with Gasteiger partial charge < -0.3 is 4.74 Å². The molecule has 0 radical (unpaired) electrons. The molecule has 1 fully saturated rings. The predicted octanol–water partition coefficient (Wildman–Crippen LogP) is 2.87. The zero-order chi connectivity index (χ0) is 7.57. The molecule has 1 heterocycles. The van der Waals surface area contributed by atoms with Crippen molar-refractivity contribution in [2.45, 2.75) is 38.5 Å². The van der Waals surface area contributed by atoms with Crippen LogP contribution >= 0.6 is 0 Å². The topological polar surface area (TPSA) is 9.23 Å². The van der Waals surface area contributed by atoms with Gasteiger partial charge in [-0.15, -0.1) is 0 Å². The minimum absolute atomic E-state index is 0.552. The van der Waals surface area contributed by atoms with Gasteiger partial charge in [0.15, 0.2) is 0 Å². The van der Waals surface area contributed by atoms with Gasteiger partial charge in [-0.05, 0) is 30.8 Å². The van der Waals surface area contributed by atoms with E-state index in [1.807, 2.05) is 6.26 Å². The van der Waals surface area contributed by atoms with E-state index in [0.29, 0.717) is 5.41 Å². The van der Waals surface area contributed by atoms with Crippen molar-refractivity contribution in [1.82, 2.24) is 0 Å². The van der Waals surface area contributed by atoms with Crippen molar-refractivity contribution in [2.75, 3.05) is 6.61 Å². The van der Waals surface area contributed by atoms with E-state index in [1.54, 1.807) is 0 Å². The Morgan fingerprint density at radius 1 is 1.00 bits per heavy atom.